The summed E-state index contributed by atoms with van der Waals surface area (Å²) in [7, 11) is -4.54. The molecule has 0 fully saturated rings. The lowest BCUT2D eigenvalue weighted by molar-refractivity contribution is 0.146. The zero-order chi connectivity index (χ0) is 12.5. The number of halogens is 3. The fourth-order valence-electron chi connectivity index (χ4n) is 1.03. The molecule has 0 saturated carbocycles. The van der Waals surface area contributed by atoms with Crippen LogP contribution in [0.4, 0.5) is 13.2 Å². The molecule has 5 nitrogen and oxygen atoms in total. The van der Waals surface area contributed by atoms with Crippen molar-refractivity contribution in [3.8, 4) is 6.07 Å². The molecule has 1 aromatic heterocycles. The van der Waals surface area contributed by atoms with Crippen LogP contribution in [0.25, 0.3) is 0 Å². The molecule has 0 aliphatic heterocycles. The predicted molar refractivity (Wildman–Crippen MR) is 45.2 cm³/mol. The van der Waals surface area contributed by atoms with Crippen LogP contribution >= 0.6 is 0 Å². The van der Waals surface area contributed by atoms with Gasteiger partial charge < -0.3 is 0 Å². The van der Waals surface area contributed by atoms with Gasteiger partial charge in [0.2, 0.25) is 16.0 Å². The summed E-state index contributed by atoms with van der Waals surface area (Å²) >= 11 is 0. The van der Waals surface area contributed by atoms with Gasteiger partial charge in [0.15, 0.2) is 5.69 Å². The lowest BCUT2D eigenvalue weighted by Crippen LogP contribution is -2.17. The van der Waals surface area contributed by atoms with Gasteiger partial charge in [-0.15, -0.1) is 0 Å². The molecule has 2 N–H and O–H groups in total. The lowest BCUT2D eigenvalue weighted by atomic mass is 10.2. The third-order valence-electron chi connectivity index (χ3n) is 1.62. The zero-order valence-electron chi connectivity index (χ0n) is 7.49. The van der Waals surface area contributed by atoms with Gasteiger partial charge in [0, 0.05) is 6.07 Å². The number of rotatable bonds is 2. The monoisotopic (exact) mass is 251 g/mol. The van der Waals surface area contributed by atoms with E-state index in [2.05, 4.69) is 10.1 Å². The third-order valence-corrected chi connectivity index (χ3v) is 2.57. The number of aromatic nitrogens is 1. The normalized spacial score (nSPS) is 11.5. The first kappa shape index (κ1) is 12.4. The number of nitrogens with two attached hydrogens (primary N) is 1. The van der Waals surface area contributed by atoms with Crippen molar-refractivity contribution in [2.24, 2.45) is 5.14 Å². The molecular formula is C7H4F3N3O2S. The first-order valence-electron chi connectivity index (χ1n) is 3.69. The molecule has 1 heterocycles. The van der Waals surface area contributed by atoms with Gasteiger partial charge in [-0.25, -0.2) is 27.3 Å². The van der Waals surface area contributed by atoms with Crippen molar-refractivity contribution in [2.45, 2.75) is 11.3 Å². The van der Waals surface area contributed by atoms with Gasteiger partial charge in [0.05, 0.1) is 10.5 Å². The van der Waals surface area contributed by atoms with Crippen molar-refractivity contribution < 1.29 is 21.6 Å². The average Bonchev–Trinajstić information content (AvgIpc) is 2.14. The Morgan fingerprint density at radius 3 is 2.44 bits per heavy atom. The van der Waals surface area contributed by atoms with E-state index in [1.807, 2.05) is 0 Å². The van der Waals surface area contributed by atoms with Gasteiger partial charge >= 0.3 is 0 Å². The van der Waals surface area contributed by atoms with E-state index in [1.54, 1.807) is 0 Å². The Kier molecular flexibility index (Phi) is 3.16. The van der Waals surface area contributed by atoms with E-state index >= 15 is 0 Å². The molecule has 9 heteroatoms. The Balaban J connectivity index is 3.73. The molecule has 0 unspecified atom stereocenters. The van der Waals surface area contributed by atoms with E-state index in [0.29, 0.717) is 0 Å². The van der Waals surface area contributed by atoms with Crippen LogP contribution in [0, 0.1) is 17.3 Å². The maximum atomic E-state index is 12.8. The molecule has 0 aliphatic carbocycles. The highest BCUT2D eigenvalue weighted by Gasteiger charge is 2.26. The molecule has 0 atom stereocenters. The standard InChI is InChI=1S/C7H4F3N3O2S/c8-5-1-4(16(12,14)15)6(7(9)10)3(2-11)13-5/h1,7H,(H2,12,14,15). The Hall–Kier alpha value is -1.66. The van der Waals surface area contributed by atoms with Crippen molar-refractivity contribution in [3.63, 3.8) is 0 Å². The first-order chi connectivity index (χ1) is 7.27. The van der Waals surface area contributed by atoms with Gasteiger partial charge in [-0.05, 0) is 0 Å². The molecule has 0 aliphatic rings. The Morgan fingerprint density at radius 1 is 1.50 bits per heavy atom. The van der Waals surface area contributed by atoms with Crippen LogP contribution in [0.2, 0.25) is 0 Å². The number of hydrogen-bond donors (Lipinski definition) is 1. The smallest absolute Gasteiger partial charge is 0.225 e. The van der Waals surface area contributed by atoms with E-state index in [9.17, 15) is 21.6 Å². The molecule has 0 bridgehead atoms. The van der Waals surface area contributed by atoms with Crippen LogP contribution in [0.1, 0.15) is 17.7 Å². The summed E-state index contributed by atoms with van der Waals surface area (Å²) in [5, 5.41) is 13.1. The van der Waals surface area contributed by atoms with Crippen LogP contribution in [0.5, 0.6) is 0 Å². The zero-order valence-corrected chi connectivity index (χ0v) is 8.30. The van der Waals surface area contributed by atoms with Gasteiger partial charge in [-0.1, -0.05) is 0 Å². The number of alkyl halides is 2. The fourth-order valence-corrected chi connectivity index (χ4v) is 1.79. The summed E-state index contributed by atoms with van der Waals surface area (Å²) in [5.41, 5.74) is -2.19. The number of pyridine rings is 1. The summed E-state index contributed by atoms with van der Waals surface area (Å²) in [6.45, 7) is 0. The highest BCUT2D eigenvalue weighted by molar-refractivity contribution is 7.89. The number of primary sulfonamides is 1. The third kappa shape index (κ3) is 2.29. The Labute approximate surface area is 88.4 Å². The number of nitrogens with zero attached hydrogens (tertiary/aromatic N) is 2. The molecule has 86 valence electrons. The van der Waals surface area contributed by atoms with Crippen molar-refractivity contribution >= 4 is 10.0 Å². The second-order valence-corrected chi connectivity index (χ2v) is 4.19. The minimum Gasteiger partial charge on any atom is -0.225 e. The van der Waals surface area contributed by atoms with Gasteiger partial charge in [-0.3, -0.25) is 0 Å². The predicted octanol–water partition coefficient (Wildman–Crippen LogP) is 0.677. The molecular weight excluding hydrogens is 247 g/mol. The van der Waals surface area contributed by atoms with Crippen LogP contribution in [-0.4, -0.2) is 13.4 Å². The molecule has 1 rings (SSSR count). The maximum Gasteiger partial charge on any atom is 0.267 e. The highest BCUT2D eigenvalue weighted by atomic mass is 32.2. The minimum absolute atomic E-state index is 0.248. The van der Waals surface area contributed by atoms with Gasteiger partial charge in [0.1, 0.15) is 6.07 Å². The lowest BCUT2D eigenvalue weighted by Gasteiger charge is -2.07. The second kappa shape index (κ2) is 4.07. The Bertz CT molecular complexity index is 565. The molecule has 0 saturated heterocycles. The first-order valence-corrected chi connectivity index (χ1v) is 5.23. The molecule has 16 heavy (non-hydrogen) atoms. The average molecular weight is 251 g/mol. The van der Waals surface area contributed by atoms with Crippen LogP contribution in [0.15, 0.2) is 11.0 Å². The molecule has 0 radical (unpaired) electrons. The number of nitriles is 1. The van der Waals surface area contributed by atoms with Crippen molar-refractivity contribution in [1.82, 2.24) is 4.98 Å². The molecule has 1 aromatic rings. The van der Waals surface area contributed by atoms with Crippen molar-refractivity contribution in [3.05, 3.63) is 23.3 Å². The van der Waals surface area contributed by atoms with E-state index in [1.165, 1.54) is 6.07 Å². The highest BCUT2D eigenvalue weighted by Crippen LogP contribution is 2.28. The maximum absolute atomic E-state index is 12.8. The summed E-state index contributed by atoms with van der Waals surface area (Å²) in [6, 6.07) is 1.43. The van der Waals surface area contributed by atoms with Gasteiger partial charge in [0.25, 0.3) is 6.43 Å². The minimum atomic E-state index is -4.54. The van der Waals surface area contributed by atoms with Crippen LogP contribution < -0.4 is 5.14 Å². The van der Waals surface area contributed by atoms with E-state index in [0.717, 1.165) is 0 Å². The van der Waals surface area contributed by atoms with Crippen molar-refractivity contribution in [1.29, 1.82) is 5.26 Å². The topological polar surface area (TPSA) is 96.8 Å². The van der Waals surface area contributed by atoms with Crippen LogP contribution in [0.3, 0.4) is 0 Å². The Morgan fingerprint density at radius 2 is 2.06 bits per heavy atom. The quantitative estimate of drug-likeness (QED) is 0.781. The summed E-state index contributed by atoms with van der Waals surface area (Å²) in [6.07, 6.45) is -3.30. The molecule has 0 amide bonds. The summed E-state index contributed by atoms with van der Waals surface area (Å²) in [4.78, 5) is 1.73. The van der Waals surface area contributed by atoms with Crippen molar-refractivity contribution in [2.75, 3.05) is 0 Å². The van der Waals surface area contributed by atoms with E-state index in [-0.39, 0.29) is 6.07 Å². The second-order valence-electron chi connectivity index (χ2n) is 2.66. The van der Waals surface area contributed by atoms with Gasteiger partial charge in [-0.2, -0.15) is 9.65 Å². The summed E-state index contributed by atoms with van der Waals surface area (Å²) in [5.74, 6) is -1.37. The largest absolute Gasteiger partial charge is 0.267 e. The molecule has 0 spiro atoms. The number of hydrogen-bond acceptors (Lipinski definition) is 4. The van der Waals surface area contributed by atoms with E-state index in [4.69, 9.17) is 5.26 Å². The summed E-state index contributed by atoms with van der Waals surface area (Å²) < 4.78 is 59.6. The SMILES string of the molecule is N#Cc1nc(F)cc(S(N)(=O)=O)c1C(F)F. The van der Waals surface area contributed by atoms with Crippen LogP contribution in [-0.2, 0) is 10.0 Å². The fraction of sp³-hybridized carbons (Fsp3) is 0.143. The molecule has 0 aromatic carbocycles. The van der Waals surface area contributed by atoms with E-state index < -0.39 is 38.5 Å². The number of sulfonamides is 1.